The topological polar surface area (TPSA) is 48.1 Å². The van der Waals surface area contributed by atoms with Crippen molar-refractivity contribution in [1.82, 2.24) is 4.68 Å². The molecule has 28 heavy (non-hydrogen) atoms. The summed E-state index contributed by atoms with van der Waals surface area (Å²) in [5, 5.41) is 7.09. The second-order valence-electron chi connectivity index (χ2n) is 6.72. The Morgan fingerprint density at radius 3 is 2.43 bits per heavy atom. The van der Waals surface area contributed by atoms with Gasteiger partial charge in [0.15, 0.2) is 0 Å². The van der Waals surface area contributed by atoms with Gasteiger partial charge in [0.25, 0.3) is 0 Å². The molecule has 2 aromatic rings. The largest absolute Gasteiger partial charge is 0.497 e. The van der Waals surface area contributed by atoms with E-state index in [1.165, 1.54) is 5.71 Å². The van der Waals surface area contributed by atoms with E-state index in [1.54, 1.807) is 25.6 Å². The molecule has 0 N–H and O–H groups in total. The number of thiazole rings is 1. The summed E-state index contributed by atoms with van der Waals surface area (Å²) in [5.41, 5.74) is 4.14. The smallest absolute Gasteiger partial charge is 0.206 e. The van der Waals surface area contributed by atoms with Crippen molar-refractivity contribution < 1.29 is 9.47 Å². The average molecular weight is 402 g/mol. The van der Waals surface area contributed by atoms with Crippen LogP contribution in [-0.2, 0) is 0 Å². The molecule has 0 atom stereocenters. The lowest BCUT2D eigenvalue weighted by Gasteiger charge is -2.12. The van der Waals surface area contributed by atoms with Crippen LogP contribution in [-0.4, -0.2) is 31.2 Å². The number of hydrogen-bond acceptors (Lipinski definition) is 5. The number of methoxy groups -OCH3 is 2. The summed E-state index contributed by atoms with van der Waals surface area (Å²) >= 11 is 1.58. The van der Waals surface area contributed by atoms with Crippen LogP contribution in [0.3, 0.4) is 0 Å². The molecule has 2 rings (SSSR count). The fourth-order valence-electron chi connectivity index (χ4n) is 2.85. The summed E-state index contributed by atoms with van der Waals surface area (Å²) in [6.07, 6.45) is 4.11. The first kappa shape index (κ1) is 22.0. The third kappa shape index (κ3) is 5.58. The highest BCUT2D eigenvalue weighted by Crippen LogP contribution is 2.33. The minimum absolute atomic E-state index is 0.589. The number of aromatic nitrogens is 1. The van der Waals surface area contributed by atoms with Crippen LogP contribution in [0.15, 0.2) is 45.8 Å². The Labute approximate surface area is 172 Å². The van der Waals surface area contributed by atoms with Crippen LogP contribution in [0.2, 0.25) is 0 Å². The molecule has 0 spiro atoms. The molecule has 0 saturated carbocycles. The lowest BCUT2D eigenvalue weighted by Crippen LogP contribution is -2.15. The lowest BCUT2D eigenvalue weighted by atomic mass is 10.1. The van der Waals surface area contributed by atoms with Crippen molar-refractivity contribution >= 4 is 17.0 Å². The minimum atomic E-state index is 0.589. The predicted octanol–water partition coefficient (Wildman–Crippen LogP) is 5.51. The maximum Gasteiger partial charge on any atom is 0.206 e. The number of benzene rings is 1. The van der Waals surface area contributed by atoms with E-state index in [0.29, 0.717) is 6.54 Å². The summed E-state index contributed by atoms with van der Waals surface area (Å²) < 4.78 is 12.9. The molecule has 0 bridgehead atoms. The molecule has 0 aliphatic carbocycles. The Hall–Kier alpha value is -2.34. The van der Waals surface area contributed by atoms with Gasteiger partial charge < -0.3 is 9.47 Å². The molecule has 0 unspecified atom stereocenters. The highest BCUT2D eigenvalue weighted by Gasteiger charge is 2.14. The van der Waals surface area contributed by atoms with Gasteiger partial charge in [0.1, 0.15) is 11.5 Å². The maximum absolute atomic E-state index is 5.62. The van der Waals surface area contributed by atoms with E-state index < -0.39 is 0 Å². The molecular weight excluding hydrogens is 370 g/mol. The Morgan fingerprint density at radius 2 is 1.86 bits per heavy atom. The van der Waals surface area contributed by atoms with Gasteiger partial charge in [-0.1, -0.05) is 38.8 Å². The van der Waals surface area contributed by atoms with E-state index >= 15 is 0 Å². The fourth-order valence-corrected chi connectivity index (χ4v) is 3.67. The van der Waals surface area contributed by atoms with Gasteiger partial charge in [0, 0.05) is 22.7 Å². The van der Waals surface area contributed by atoms with Crippen LogP contribution in [0.5, 0.6) is 11.5 Å². The number of hydrogen-bond donors (Lipinski definition) is 0. The van der Waals surface area contributed by atoms with Crippen molar-refractivity contribution in [3.63, 3.8) is 0 Å². The Bertz CT molecular complexity index is 885. The first-order chi connectivity index (χ1) is 13.5. The quantitative estimate of drug-likeness (QED) is 0.389. The zero-order valence-electron chi connectivity index (χ0n) is 17.6. The zero-order valence-corrected chi connectivity index (χ0v) is 18.4. The maximum atomic E-state index is 5.62. The number of rotatable bonds is 10. The molecule has 1 aromatic carbocycles. The van der Waals surface area contributed by atoms with Crippen LogP contribution in [0.1, 0.15) is 46.5 Å². The lowest BCUT2D eigenvalue weighted by molar-refractivity contribution is 0.395. The van der Waals surface area contributed by atoms with E-state index in [0.717, 1.165) is 58.8 Å². The standard InChI is InChI=1S/C22H31N3O2S/c1-7-9-17(10-8-2)24-25-20(15-28-22(25)23-14-16(3)4)19-12-11-18(26-5)13-21(19)27-6/h11-13,15H,3,7-10,14H2,1-2,4-6H3. The van der Waals surface area contributed by atoms with Gasteiger partial charge in [-0.25, -0.2) is 4.68 Å². The van der Waals surface area contributed by atoms with Crippen molar-refractivity contribution in [2.45, 2.75) is 46.5 Å². The Balaban J connectivity index is 2.67. The van der Waals surface area contributed by atoms with Gasteiger partial charge in [-0.3, -0.25) is 4.99 Å². The van der Waals surface area contributed by atoms with E-state index in [-0.39, 0.29) is 0 Å². The Morgan fingerprint density at radius 1 is 1.14 bits per heavy atom. The summed E-state index contributed by atoms with van der Waals surface area (Å²) in [6.45, 7) is 10.9. The molecule has 0 aliphatic heterocycles. The molecule has 152 valence electrons. The SMILES string of the molecule is C=C(C)CN=c1scc(-c2ccc(OC)cc2OC)n1N=C(CCC)CCC. The zero-order chi connectivity index (χ0) is 20.5. The van der Waals surface area contributed by atoms with Gasteiger partial charge in [-0.05, 0) is 31.9 Å². The van der Waals surface area contributed by atoms with Crippen LogP contribution in [0.25, 0.3) is 11.3 Å². The van der Waals surface area contributed by atoms with Crippen LogP contribution < -0.4 is 14.3 Å². The van der Waals surface area contributed by atoms with E-state index in [9.17, 15) is 0 Å². The molecule has 5 nitrogen and oxygen atoms in total. The second kappa shape index (κ2) is 10.9. The highest BCUT2D eigenvalue weighted by atomic mass is 32.1. The van der Waals surface area contributed by atoms with Crippen molar-refractivity contribution in [3.05, 3.63) is 40.5 Å². The van der Waals surface area contributed by atoms with E-state index in [4.69, 9.17) is 19.6 Å². The predicted molar refractivity (Wildman–Crippen MR) is 119 cm³/mol. The Kier molecular flexibility index (Phi) is 8.51. The third-order valence-electron chi connectivity index (χ3n) is 4.17. The van der Waals surface area contributed by atoms with Gasteiger partial charge >= 0.3 is 0 Å². The third-order valence-corrected chi connectivity index (χ3v) is 5.03. The summed E-state index contributed by atoms with van der Waals surface area (Å²) in [5.74, 6) is 1.51. The number of nitrogens with zero attached hydrogens (tertiary/aromatic N) is 3. The van der Waals surface area contributed by atoms with Crippen LogP contribution >= 0.6 is 11.3 Å². The normalized spacial score (nSPS) is 11.4. The number of ether oxygens (including phenoxy) is 2. The molecule has 0 amide bonds. The van der Waals surface area contributed by atoms with Crippen molar-refractivity contribution in [3.8, 4) is 22.8 Å². The summed E-state index contributed by atoms with van der Waals surface area (Å²) in [4.78, 5) is 5.59. The van der Waals surface area contributed by atoms with E-state index in [1.807, 2.05) is 29.8 Å². The molecule has 0 radical (unpaired) electrons. The van der Waals surface area contributed by atoms with Crippen LogP contribution in [0.4, 0.5) is 0 Å². The highest BCUT2D eigenvalue weighted by molar-refractivity contribution is 7.07. The van der Waals surface area contributed by atoms with Gasteiger partial charge in [-0.2, -0.15) is 5.10 Å². The molecule has 6 heteroatoms. The minimum Gasteiger partial charge on any atom is -0.497 e. The molecule has 0 aliphatic rings. The van der Waals surface area contributed by atoms with E-state index in [2.05, 4.69) is 25.8 Å². The van der Waals surface area contributed by atoms with Crippen molar-refractivity contribution in [1.29, 1.82) is 0 Å². The van der Waals surface area contributed by atoms with Gasteiger partial charge in [0.2, 0.25) is 4.80 Å². The molecule has 0 fully saturated rings. The summed E-state index contributed by atoms with van der Waals surface area (Å²) in [6, 6.07) is 5.84. The van der Waals surface area contributed by atoms with Crippen molar-refractivity contribution in [2.24, 2.45) is 10.1 Å². The van der Waals surface area contributed by atoms with Gasteiger partial charge in [-0.15, -0.1) is 11.3 Å². The molecular formula is C22H31N3O2S. The fraction of sp³-hybridized carbons (Fsp3) is 0.455. The van der Waals surface area contributed by atoms with Crippen molar-refractivity contribution in [2.75, 3.05) is 20.8 Å². The van der Waals surface area contributed by atoms with Gasteiger partial charge in [0.05, 0.1) is 26.5 Å². The summed E-state index contributed by atoms with van der Waals surface area (Å²) in [7, 11) is 3.32. The molecule has 1 heterocycles. The second-order valence-corrected chi connectivity index (χ2v) is 7.56. The first-order valence-electron chi connectivity index (χ1n) is 9.68. The average Bonchev–Trinajstić information content (AvgIpc) is 3.08. The molecule has 1 aromatic heterocycles. The first-order valence-corrected chi connectivity index (χ1v) is 10.6. The van der Waals surface area contributed by atoms with Crippen LogP contribution in [0, 0.1) is 0 Å². The monoisotopic (exact) mass is 401 g/mol. The molecule has 0 saturated heterocycles.